The highest BCUT2D eigenvalue weighted by Crippen LogP contribution is 2.23. The molecule has 2 heterocycles. The van der Waals surface area contributed by atoms with Crippen LogP contribution in [0, 0.1) is 0 Å². The first-order chi connectivity index (χ1) is 12.4. The van der Waals surface area contributed by atoms with Crippen molar-refractivity contribution < 1.29 is 17.9 Å². The molecule has 3 aromatic rings. The molecule has 3 N–H and O–H groups in total. The molecule has 0 spiro atoms. The van der Waals surface area contributed by atoms with E-state index in [1.54, 1.807) is 0 Å². The van der Waals surface area contributed by atoms with Crippen LogP contribution in [-0.2, 0) is 6.42 Å². The van der Waals surface area contributed by atoms with Gasteiger partial charge in [0.25, 0.3) is 0 Å². The van der Waals surface area contributed by atoms with Gasteiger partial charge >= 0.3 is 6.36 Å². The second kappa shape index (κ2) is 7.30. The number of pyridine rings is 1. The van der Waals surface area contributed by atoms with Crippen LogP contribution in [0.5, 0.6) is 5.75 Å². The number of alkyl halides is 3. The van der Waals surface area contributed by atoms with Crippen LogP contribution in [-0.4, -0.2) is 33.5 Å². The molecule has 2 aromatic heterocycles. The molecular formula is C16H15F3N6O. The van der Waals surface area contributed by atoms with Crippen LogP contribution < -0.4 is 15.8 Å². The topological polar surface area (TPSA) is 89.8 Å². The predicted molar refractivity (Wildman–Crippen MR) is 89.9 cm³/mol. The van der Waals surface area contributed by atoms with E-state index in [0.717, 1.165) is 11.5 Å². The van der Waals surface area contributed by atoms with Gasteiger partial charge in [0.2, 0.25) is 0 Å². The molecule has 0 saturated carbocycles. The number of nitrogens with two attached hydrogens (primary N) is 1. The molecular weight excluding hydrogens is 349 g/mol. The molecule has 0 unspecified atom stereocenters. The van der Waals surface area contributed by atoms with Crippen molar-refractivity contribution in [1.82, 2.24) is 14.6 Å². The maximum Gasteiger partial charge on any atom is 0.573 e. The molecule has 136 valence electrons. The summed E-state index contributed by atoms with van der Waals surface area (Å²) in [5.74, 6) is 0.589. The van der Waals surface area contributed by atoms with E-state index in [2.05, 4.69) is 25.2 Å². The van der Waals surface area contributed by atoms with E-state index in [0.29, 0.717) is 18.7 Å². The van der Waals surface area contributed by atoms with Crippen LogP contribution in [0.2, 0.25) is 0 Å². The first-order valence-electron chi connectivity index (χ1n) is 7.62. The van der Waals surface area contributed by atoms with Crippen molar-refractivity contribution in [3.63, 3.8) is 0 Å². The minimum Gasteiger partial charge on any atom is -0.406 e. The highest BCUT2D eigenvalue weighted by molar-refractivity contribution is 5.92. The van der Waals surface area contributed by atoms with E-state index in [-0.39, 0.29) is 11.7 Å². The maximum atomic E-state index is 12.1. The third-order valence-electron chi connectivity index (χ3n) is 3.36. The SMILES string of the molecule is NC(=NCCc1nnc2ccccn12)Nc1ccc(OC(F)(F)F)cc1. The maximum absolute atomic E-state index is 12.1. The standard InChI is InChI=1S/C16H15F3N6O/c17-16(18,19)26-12-6-4-11(5-7-12)22-15(20)21-9-8-14-24-23-13-3-1-2-10-25(13)14/h1-7,10H,8-9H2,(H3,20,21,22). The zero-order chi connectivity index (χ0) is 18.6. The van der Waals surface area contributed by atoms with Crippen LogP contribution in [0.4, 0.5) is 18.9 Å². The Morgan fingerprint density at radius 3 is 2.65 bits per heavy atom. The van der Waals surface area contributed by atoms with Gasteiger partial charge in [-0.3, -0.25) is 9.39 Å². The first kappa shape index (κ1) is 17.5. The average Bonchev–Trinajstić information content (AvgIpc) is 2.99. The Morgan fingerprint density at radius 2 is 1.92 bits per heavy atom. The van der Waals surface area contributed by atoms with Crippen LogP contribution in [0.25, 0.3) is 5.65 Å². The van der Waals surface area contributed by atoms with Crippen molar-refractivity contribution in [2.45, 2.75) is 12.8 Å². The number of ether oxygens (including phenoxy) is 1. The molecule has 0 bridgehead atoms. The van der Waals surface area contributed by atoms with Crippen molar-refractivity contribution in [2.75, 3.05) is 11.9 Å². The van der Waals surface area contributed by atoms with E-state index in [1.807, 2.05) is 28.8 Å². The summed E-state index contributed by atoms with van der Waals surface area (Å²) >= 11 is 0. The highest BCUT2D eigenvalue weighted by Gasteiger charge is 2.30. The number of nitrogens with zero attached hydrogens (tertiary/aromatic N) is 4. The summed E-state index contributed by atoms with van der Waals surface area (Å²) in [5.41, 5.74) is 7.03. The lowest BCUT2D eigenvalue weighted by atomic mass is 10.3. The Morgan fingerprint density at radius 1 is 1.15 bits per heavy atom. The van der Waals surface area contributed by atoms with Gasteiger partial charge in [0.1, 0.15) is 11.6 Å². The molecule has 0 amide bonds. The molecule has 0 fully saturated rings. The number of guanidine groups is 1. The lowest BCUT2D eigenvalue weighted by Gasteiger charge is -2.10. The van der Waals surface area contributed by atoms with Gasteiger partial charge in [0.15, 0.2) is 11.6 Å². The monoisotopic (exact) mass is 364 g/mol. The van der Waals surface area contributed by atoms with Crippen LogP contribution in [0.15, 0.2) is 53.7 Å². The van der Waals surface area contributed by atoms with Crippen LogP contribution >= 0.6 is 0 Å². The minimum absolute atomic E-state index is 0.142. The smallest absolute Gasteiger partial charge is 0.406 e. The van der Waals surface area contributed by atoms with Crippen molar-refractivity contribution in [2.24, 2.45) is 10.7 Å². The molecule has 0 aliphatic carbocycles. The number of hydrogen-bond acceptors (Lipinski definition) is 4. The molecule has 0 radical (unpaired) electrons. The Kier molecular flexibility index (Phi) is 4.92. The van der Waals surface area contributed by atoms with Crippen molar-refractivity contribution >= 4 is 17.3 Å². The van der Waals surface area contributed by atoms with E-state index in [4.69, 9.17) is 5.73 Å². The van der Waals surface area contributed by atoms with Gasteiger partial charge in [-0.1, -0.05) is 6.07 Å². The summed E-state index contributed by atoms with van der Waals surface area (Å²) in [4.78, 5) is 4.17. The number of aromatic nitrogens is 3. The average molecular weight is 364 g/mol. The molecule has 26 heavy (non-hydrogen) atoms. The van der Waals surface area contributed by atoms with E-state index >= 15 is 0 Å². The number of fused-ring (bicyclic) bond motifs is 1. The largest absolute Gasteiger partial charge is 0.573 e. The van der Waals surface area contributed by atoms with Gasteiger partial charge in [-0.15, -0.1) is 23.4 Å². The third-order valence-corrected chi connectivity index (χ3v) is 3.36. The molecule has 0 saturated heterocycles. The zero-order valence-electron chi connectivity index (χ0n) is 13.4. The fourth-order valence-corrected chi connectivity index (χ4v) is 2.27. The lowest BCUT2D eigenvalue weighted by Crippen LogP contribution is -2.23. The number of halogens is 3. The molecule has 0 aliphatic rings. The Hall–Kier alpha value is -3.30. The van der Waals surface area contributed by atoms with E-state index in [9.17, 15) is 13.2 Å². The van der Waals surface area contributed by atoms with Gasteiger partial charge in [0.05, 0.1) is 0 Å². The summed E-state index contributed by atoms with van der Waals surface area (Å²) in [7, 11) is 0. The highest BCUT2D eigenvalue weighted by atomic mass is 19.4. The second-order valence-corrected chi connectivity index (χ2v) is 5.26. The van der Waals surface area contributed by atoms with Crippen LogP contribution in [0.1, 0.15) is 5.82 Å². The Bertz CT molecular complexity index is 904. The Balaban J connectivity index is 1.55. The van der Waals surface area contributed by atoms with Gasteiger partial charge in [-0.25, -0.2) is 0 Å². The summed E-state index contributed by atoms with van der Waals surface area (Å²) in [6.45, 7) is 0.379. The van der Waals surface area contributed by atoms with Crippen molar-refractivity contribution in [3.05, 3.63) is 54.5 Å². The summed E-state index contributed by atoms with van der Waals surface area (Å²) < 4.78 is 42.0. The Labute approximate surface area is 146 Å². The number of hydrogen-bond donors (Lipinski definition) is 2. The van der Waals surface area contributed by atoms with E-state index < -0.39 is 6.36 Å². The van der Waals surface area contributed by atoms with Gasteiger partial charge in [0, 0.05) is 24.8 Å². The van der Waals surface area contributed by atoms with E-state index in [1.165, 1.54) is 24.3 Å². The number of benzene rings is 1. The fraction of sp³-hybridized carbons (Fsp3) is 0.188. The third kappa shape index (κ3) is 4.62. The van der Waals surface area contributed by atoms with Gasteiger partial charge < -0.3 is 15.8 Å². The summed E-state index contributed by atoms with van der Waals surface area (Å²) in [6.07, 6.45) is -2.33. The summed E-state index contributed by atoms with van der Waals surface area (Å²) in [6, 6.07) is 10.8. The van der Waals surface area contributed by atoms with Crippen molar-refractivity contribution in [1.29, 1.82) is 0 Å². The number of rotatable bonds is 5. The second-order valence-electron chi connectivity index (χ2n) is 5.26. The molecule has 10 heteroatoms. The predicted octanol–water partition coefficient (Wildman–Crippen LogP) is 2.60. The van der Waals surface area contributed by atoms with Crippen molar-refractivity contribution in [3.8, 4) is 5.75 Å². The lowest BCUT2D eigenvalue weighted by molar-refractivity contribution is -0.274. The van der Waals surface area contributed by atoms with Crippen LogP contribution in [0.3, 0.4) is 0 Å². The first-order valence-corrected chi connectivity index (χ1v) is 7.62. The van der Waals surface area contributed by atoms with Gasteiger partial charge in [-0.2, -0.15) is 0 Å². The van der Waals surface area contributed by atoms with Gasteiger partial charge in [-0.05, 0) is 36.4 Å². The molecule has 3 rings (SSSR count). The molecule has 0 aliphatic heterocycles. The number of anilines is 1. The molecule has 0 atom stereocenters. The quantitative estimate of drug-likeness (QED) is 0.537. The summed E-state index contributed by atoms with van der Waals surface area (Å²) in [5, 5.41) is 10.9. The fourth-order valence-electron chi connectivity index (χ4n) is 2.27. The number of aliphatic imine (C=N–C) groups is 1. The zero-order valence-corrected chi connectivity index (χ0v) is 13.4. The molecule has 1 aromatic carbocycles. The number of nitrogens with one attached hydrogen (secondary N) is 1. The minimum atomic E-state index is -4.72. The normalized spacial score (nSPS) is 12.3. The molecule has 7 nitrogen and oxygen atoms in total.